The van der Waals surface area contributed by atoms with E-state index in [0.29, 0.717) is 190 Å². The number of fused-ring (bicyclic) bond motifs is 4. The van der Waals surface area contributed by atoms with E-state index in [1.807, 2.05) is 60.3 Å². The minimum atomic E-state index is -1.15. The zero-order chi connectivity index (χ0) is 58.6. The first-order valence-electron chi connectivity index (χ1n) is 29.3. The Morgan fingerprint density at radius 3 is 1.43 bits per heavy atom. The highest BCUT2D eigenvalue weighted by atomic mass is 32.2. The lowest BCUT2D eigenvalue weighted by atomic mass is 9.98. The van der Waals surface area contributed by atoms with Gasteiger partial charge in [0, 0.05) is 42.9 Å². The van der Waals surface area contributed by atoms with E-state index in [1.165, 1.54) is 0 Å². The second-order valence-electron chi connectivity index (χ2n) is 19.5. The molecule has 2 fully saturated rings. The highest BCUT2D eigenvalue weighted by Crippen LogP contribution is 2.44. The Morgan fingerprint density at radius 1 is 0.518 bits per heavy atom. The van der Waals surface area contributed by atoms with Crippen LogP contribution >= 0.6 is 11.8 Å². The number of unbranched alkanes of at least 4 members (excludes halogenated alkanes) is 2. The van der Waals surface area contributed by atoms with Gasteiger partial charge < -0.3 is 93.3 Å². The van der Waals surface area contributed by atoms with E-state index in [0.717, 1.165) is 47.3 Å². The molecular formula is C58H91N5O19S. The van der Waals surface area contributed by atoms with Gasteiger partial charge in [-0.15, -0.1) is 0 Å². The number of amides is 5. The highest BCUT2D eigenvalue weighted by Gasteiger charge is 2.42. The second kappa shape index (κ2) is 44.7. The molecule has 2 aliphatic heterocycles. The number of carboxylic acids is 1. The first kappa shape index (κ1) is 69.0. The third-order valence-electron chi connectivity index (χ3n) is 13.4. The number of nitrogens with one attached hydrogen (secondary N) is 5. The zero-order valence-electron chi connectivity index (χ0n) is 48.2. The summed E-state index contributed by atoms with van der Waals surface area (Å²) >= 11 is 1.90. The van der Waals surface area contributed by atoms with E-state index < -0.39 is 18.1 Å². The molecule has 3 aliphatic rings. The van der Waals surface area contributed by atoms with Crippen LogP contribution in [0.1, 0.15) is 68.4 Å². The predicted molar refractivity (Wildman–Crippen MR) is 308 cm³/mol. The van der Waals surface area contributed by atoms with Crippen molar-refractivity contribution in [3.8, 4) is 11.1 Å². The first-order chi connectivity index (χ1) is 40.8. The van der Waals surface area contributed by atoms with Gasteiger partial charge in [0.2, 0.25) is 11.8 Å². The monoisotopic (exact) mass is 1190 g/mol. The second-order valence-corrected chi connectivity index (χ2v) is 20.8. The van der Waals surface area contributed by atoms with Crippen molar-refractivity contribution >= 4 is 41.7 Å². The molecule has 4 unspecified atom stereocenters. The summed E-state index contributed by atoms with van der Waals surface area (Å²) in [6, 6.07) is 15.2. The molecule has 2 heterocycles. The van der Waals surface area contributed by atoms with Crippen LogP contribution in [0.3, 0.4) is 0 Å². The molecule has 4 atom stereocenters. The van der Waals surface area contributed by atoms with Crippen LogP contribution in [0.15, 0.2) is 48.5 Å². The number of urea groups is 1. The van der Waals surface area contributed by atoms with Gasteiger partial charge in [0.1, 0.15) is 12.6 Å². The van der Waals surface area contributed by atoms with Crippen molar-refractivity contribution in [3.05, 3.63) is 59.7 Å². The van der Waals surface area contributed by atoms with Gasteiger partial charge in [-0.3, -0.25) is 9.59 Å². The fourth-order valence-electron chi connectivity index (χ4n) is 9.14. The summed E-state index contributed by atoms with van der Waals surface area (Å²) in [6.45, 7) is 11.4. The molecule has 6 N–H and O–H groups in total. The number of ether oxygens (including phenoxy) is 13. The number of carbonyl (C=O) groups is 5. The van der Waals surface area contributed by atoms with Crippen LogP contribution in [0.5, 0.6) is 0 Å². The normalized spacial score (nSPS) is 16.4. The van der Waals surface area contributed by atoms with E-state index in [-0.39, 0.29) is 61.9 Å². The summed E-state index contributed by atoms with van der Waals surface area (Å²) < 4.78 is 71.7. The molecule has 2 saturated heterocycles. The van der Waals surface area contributed by atoms with Crippen LogP contribution in [-0.4, -0.2) is 242 Å². The quantitative estimate of drug-likeness (QED) is 0.0407. The molecule has 0 aromatic heterocycles. The van der Waals surface area contributed by atoms with E-state index in [1.54, 1.807) is 0 Å². The maximum Gasteiger partial charge on any atom is 0.407 e. The fourth-order valence-corrected chi connectivity index (χ4v) is 10.7. The Hall–Kier alpha value is -4.74. The number of thioether (sulfide) groups is 1. The van der Waals surface area contributed by atoms with Crippen molar-refractivity contribution in [2.24, 2.45) is 0 Å². The standard InChI is InChI=1S/C58H91N5O19S/c64-53(15-6-5-14-52-55-51(44-83-52)61-57(68)63-55)60-18-20-71-22-24-73-26-28-75-30-32-77-34-36-79-38-40-81-42-41-80-39-37-78-35-33-76-31-29-74-27-25-72-23-21-70-19-16-54(65)59-17-8-7-13-50(56(66)67)62-58(69)82-43-49-47-11-3-1-9-45(47)46-10-2-4-12-48(46)49/h1-4,9-12,49-52,55H,5-8,13-44H2,(H,59,65)(H,60,64)(H,62,69)(H,66,67)(H2,61,63,68). The Balaban J connectivity index is 0.647. The molecule has 468 valence electrons. The van der Waals surface area contributed by atoms with Crippen molar-refractivity contribution < 1.29 is 90.7 Å². The van der Waals surface area contributed by atoms with Gasteiger partial charge in [0.15, 0.2) is 0 Å². The van der Waals surface area contributed by atoms with Gasteiger partial charge in [-0.05, 0) is 54.4 Å². The number of carboxylic acid groups (broad SMARTS) is 1. The van der Waals surface area contributed by atoms with Crippen molar-refractivity contribution in [2.45, 2.75) is 80.7 Å². The van der Waals surface area contributed by atoms with Crippen LogP contribution in [-0.2, 0) is 76.0 Å². The molecule has 25 heteroatoms. The Morgan fingerprint density at radius 2 is 0.952 bits per heavy atom. The SMILES string of the molecule is O=C(CCCCC1SCC2NC(=O)NC21)NCCOCCOCCOCCOCCOCCOCCOCCOCCOCCOCCOCCOCCC(=O)NCCCCC(NC(=O)OCC1c2ccccc2-c2ccccc21)C(=O)O. The predicted octanol–water partition coefficient (Wildman–Crippen LogP) is 3.70. The van der Waals surface area contributed by atoms with Gasteiger partial charge in [-0.1, -0.05) is 55.0 Å². The van der Waals surface area contributed by atoms with Crippen LogP contribution in [0.25, 0.3) is 11.1 Å². The molecule has 2 aromatic rings. The molecule has 0 spiro atoms. The molecule has 1 aliphatic carbocycles. The number of hydrogen-bond donors (Lipinski definition) is 6. The maximum atomic E-state index is 12.6. The van der Waals surface area contributed by atoms with Crippen molar-refractivity contribution in [2.75, 3.05) is 184 Å². The number of rotatable bonds is 53. The third kappa shape index (κ3) is 30.3. The molecule has 2 aromatic carbocycles. The lowest BCUT2D eigenvalue weighted by Crippen LogP contribution is -2.41. The minimum absolute atomic E-state index is 0.0329. The van der Waals surface area contributed by atoms with Crippen molar-refractivity contribution in [1.82, 2.24) is 26.6 Å². The average molecular weight is 1190 g/mol. The summed E-state index contributed by atoms with van der Waals surface area (Å²) in [5.74, 6) is -0.460. The molecule has 24 nitrogen and oxygen atoms in total. The van der Waals surface area contributed by atoms with Gasteiger partial charge in [-0.2, -0.15) is 11.8 Å². The van der Waals surface area contributed by atoms with Crippen LogP contribution in [0, 0.1) is 0 Å². The fraction of sp³-hybridized carbons (Fsp3) is 0.707. The molecule has 83 heavy (non-hydrogen) atoms. The number of benzene rings is 2. The van der Waals surface area contributed by atoms with Gasteiger partial charge in [-0.25, -0.2) is 14.4 Å². The van der Waals surface area contributed by atoms with Crippen LogP contribution in [0.2, 0.25) is 0 Å². The van der Waals surface area contributed by atoms with Gasteiger partial charge in [0.25, 0.3) is 0 Å². The molecule has 5 amide bonds. The Kier molecular flexibility index (Phi) is 37.2. The van der Waals surface area contributed by atoms with E-state index >= 15 is 0 Å². The summed E-state index contributed by atoms with van der Waals surface area (Å²) in [6.07, 6.45) is 3.92. The van der Waals surface area contributed by atoms with Crippen molar-refractivity contribution in [1.29, 1.82) is 0 Å². The number of alkyl carbamates (subject to hydrolysis) is 1. The smallest absolute Gasteiger partial charge is 0.407 e. The molecule has 0 radical (unpaired) electrons. The average Bonchev–Trinajstić information content (AvgIpc) is 3.45. The number of aliphatic carboxylic acids is 1. The highest BCUT2D eigenvalue weighted by molar-refractivity contribution is 8.00. The zero-order valence-corrected chi connectivity index (χ0v) is 49.0. The van der Waals surface area contributed by atoms with Crippen LogP contribution < -0.4 is 26.6 Å². The Bertz CT molecular complexity index is 2060. The van der Waals surface area contributed by atoms with Crippen molar-refractivity contribution in [3.63, 3.8) is 0 Å². The third-order valence-corrected chi connectivity index (χ3v) is 14.9. The number of carbonyl (C=O) groups excluding carboxylic acids is 4. The van der Waals surface area contributed by atoms with Gasteiger partial charge >= 0.3 is 18.1 Å². The molecule has 0 bridgehead atoms. The maximum absolute atomic E-state index is 12.6. The Labute approximate surface area is 492 Å². The van der Waals surface area contributed by atoms with Crippen LogP contribution in [0.4, 0.5) is 9.59 Å². The van der Waals surface area contributed by atoms with E-state index in [4.69, 9.17) is 61.6 Å². The molecule has 0 saturated carbocycles. The summed E-state index contributed by atoms with van der Waals surface area (Å²) in [7, 11) is 0. The summed E-state index contributed by atoms with van der Waals surface area (Å²) in [5, 5.41) is 24.2. The topological polar surface area (TPSA) is 286 Å². The lowest BCUT2D eigenvalue weighted by Gasteiger charge is -2.17. The largest absolute Gasteiger partial charge is 0.480 e. The first-order valence-corrected chi connectivity index (χ1v) is 30.3. The molecular weight excluding hydrogens is 1100 g/mol. The lowest BCUT2D eigenvalue weighted by molar-refractivity contribution is -0.139. The summed E-state index contributed by atoms with van der Waals surface area (Å²) in [5.41, 5.74) is 4.35. The summed E-state index contributed by atoms with van der Waals surface area (Å²) in [4.78, 5) is 60.3. The number of hydrogen-bond acceptors (Lipinski definition) is 19. The van der Waals surface area contributed by atoms with E-state index in [9.17, 15) is 29.1 Å². The molecule has 5 rings (SSSR count). The van der Waals surface area contributed by atoms with Gasteiger partial charge in [0.05, 0.1) is 171 Å². The van der Waals surface area contributed by atoms with E-state index in [2.05, 4.69) is 26.6 Å². The minimum Gasteiger partial charge on any atom is -0.480 e.